The van der Waals surface area contributed by atoms with Crippen molar-refractivity contribution < 1.29 is 12.8 Å². The molecule has 1 aromatic carbocycles. The lowest BCUT2D eigenvalue weighted by atomic mass is 10.1. The number of hydrogen-bond acceptors (Lipinski definition) is 3. The highest BCUT2D eigenvalue weighted by atomic mass is 32.2. The summed E-state index contributed by atoms with van der Waals surface area (Å²) < 4.78 is 41.2. The smallest absolute Gasteiger partial charge is 0.207 e. The lowest BCUT2D eigenvalue weighted by Crippen LogP contribution is -2.38. The Morgan fingerprint density at radius 2 is 2.05 bits per heavy atom. The van der Waals surface area contributed by atoms with Gasteiger partial charge in [0.15, 0.2) is 0 Å². The minimum Gasteiger partial charge on any atom is -0.207 e. The molecule has 1 rings (SSSR count). The van der Waals surface area contributed by atoms with Crippen LogP contribution in [0.2, 0.25) is 0 Å². The van der Waals surface area contributed by atoms with Crippen LogP contribution >= 0.6 is 0 Å². The lowest BCUT2D eigenvalue weighted by molar-refractivity contribution is 0.544. The van der Waals surface area contributed by atoms with Gasteiger partial charge >= 0.3 is 0 Å². The second-order valence-corrected chi connectivity index (χ2v) is 6.07. The van der Waals surface area contributed by atoms with E-state index < -0.39 is 16.0 Å². The van der Waals surface area contributed by atoms with Crippen molar-refractivity contribution in [2.24, 2.45) is 5.92 Å². The van der Waals surface area contributed by atoms with Crippen LogP contribution in [0.1, 0.15) is 25.0 Å². The molecule has 0 aliphatic heterocycles. The Morgan fingerprint density at radius 1 is 1.37 bits per heavy atom. The summed E-state index contributed by atoms with van der Waals surface area (Å²) in [4.78, 5) is 0. The molecule has 0 unspecified atom stereocenters. The van der Waals surface area contributed by atoms with Gasteiger partial charge in [-0.15, -0.1) is 0 Å². The van der Waals surface area contributed by atoms with Gasteiger partial charge in [0.2, 0.25) is 0 Å². The topological polar surface area (TPSA) is 82.0 Å². The minimum absolute atomic E-state index is 0.162. The lowest BCUT2D eigenvalue weighted by Gasteiger charge is -2.10. The van der Waals surface area contributed by atoms with E-state index in [0.29, 0.717) is 6.54 Å². The summed E-state index contributed by atoms with van der Waals surface area (Å²) in [6.45, 7) is 3.90. The van der Waals surface area contributed by atoms with Gasteiger partial charge in [0.05, 0.1) is 11.6 Å². The second kappa shape index (κ2) is 6.61. The van der Waals surface area contributed by atoms with Gasteiger partial charge in [0.25, 0.3) is 10.2 Å². The molecule has 1 aromatic rings. The van der Waals surface area contributed by atoms with Gasteiger partial charge in [-0.3, -0.25) is 0 Å². The second-order valence-electron chi connectivity index (χ2n) is 4.48. The molecule has 0 spiro atoms. The maximum Gasteiger partial charge on any atom is 0.277 e. The molecule has 2 N–H and O–H groups in total. The van der Waals surface area contributed by atoms with Gasteiger partial charge in [0, 0.05) is 18.7 Å². The van der Waals surface area contributed by atoms with Gasteiger partial charge in [-0.1, -0.05) is 19.9 Å². The van der Waals surface area contributed by atoms with Crippen LogP contribution in [0.15, 0.2) is 18.2 Å². The van der Waals surface area contributed by atoms with Crippen LogP contribution in [-0.4, -0.2) is 15.0 Å². The van der Waals surface area contributed by atoms with E-state index in [1.165, 1.54) is 12.1 Å². The number of hydrogen-bond donors (Lipinski definition) is 2. The van der Waals surface area contributed by atoms with E-state index in [-0.39, 0.29) is 23.6 Å². The molecule has 0 heterocycles. The SMILES string of the molecule is CC(C)CNS(=O)(=O)NCc1ccc(C#N)cc1F. The number of nitrogens with one attached hydrogen (secondary N) is 2. The van der Waals surface area contributed by atoms with Crippen LogP contribution in [0.25, 0.3) is 0 Å². The summed E-state index contributed by atoms with van der Waals surface area (Å²) in [5.41, 5.74) is 0.385. The zero-order valence-electron chi connectivity index (χ0n) is 10.8. The first-order chi connectivity index (χ1) is 8.84. The fourth-order valence-electron chi connectivity index (χ4n) is 1.26. The summed E-state index contributed by atoms with van der Waals surface area (Å²) in [6, 6.07) is 5.71. The number of benzene rings is 1. The van der Waals surface area contributed by atoms with Crippen molar-refractivity contribution in [2.45, 2.75) is 20.4 Å². The summed E-state index contributed by atoms with van der Waals surface area (Å²) in [5.74, 6) is -0.422. The third-order valence-corrected chi connectivity index (χ3v) is 3.39. The highest BCUT2D eigenvalue weighted by Crippen LogP contribution is 2.09. The molecular weight excluding hydrogens is 269 g/mol. The number of halogens is 1. The maximum atomic E-state index is 13.5. The zero-order valence-corrected chi connectivity index (χ0v) is 11.6. The van der Waals surface area contributed by atoms with Crippen LogP contribution in [0, 0.1) is 23.1 Å². The Balaban J connectivity index is 2.64. The molecule has 0 saturated carbocycles. The van der Waals surface area contributed by atoms with E-state index in [0.717, 1.165) is 6.07 Å². The molecule has 0 bridgehead atoms. The number of nitriles is 1. The monoisotopic (exact) mass is 285 g/mol. The minimum atomic E-state index is -3.64. The molecule has 5 nitrogen and oxygen atoms in total. The Hall–Kier alpha value is -1.49. The van der Waals surface area contributed by atoms with Crippen molar-refractivity contribution in [2.75, 3.05) is 6.54 Å². The molecule has 0 aliphatic rings. The predicted molar refractivity (Wildman–Crippen MR) is 69.7 cm³/mol. The molecule has 0 amide bonds. The molecule has 0 aliphatic carbocycles. The first kappa shape index (κ1) is 15.6. The summed E-state index contributed by atoms with van der Waals surface area (Å²) >= 11 is 0. The van der Waals surface area contributed by atoms with Crippen LogP contribution in [0.4, 0.5) is 4.39 Å². The van der Waals surface area contributed by atoms with E-state index in [9.17, 15) is 12.8 Å². The van der Waals surface area contributed by atoms with Crippen molar-refractivity contribution in [1.29, 1.82) is 5.26 Å². The highest BCUT2D eigenvalue weighted by molar-refractivity contribution is 7.87. The van der Waals surface area contributed by atoms with Crippen LogP contribution in [0.3, 0.4) is 0 Å². The zero-order chi connectivity index (χ0) is 14.5. The fourth-order valence-corrected chi connectivity index (χ4v) is 2.26. The summed E-state index contributed by atoms with van der Waals surface area (Å²) in [7, 11) is -3.64. The standard InChI is InChI=1S/C12H16FN3O2S/c1-9(2)7-15-19(17,18)16-8-11-4-3-10(6-14)5-12(11)13/h3-5,9,15-16H,7-8H2,1-2H3. The van der Waals surface area contributed by atoms with Gasteiger partial charge in [-0.05, 0) is 18.1 Å². The quantitative estimate of drug-likeness (QED) is 0.826. The predicted octanol–water partition coefficient (Wildman–Crippen LogP) is 1.28. The van der Waals surface area contributed by atoms with Crippen molar-refractivity contribution in [1.82, 2.24) is 9.44 Å². The summed E-state index contributed by atoms with van der Waals surface area (Å²) in [6.07, 6.45) is 0. The van der Waals surface area contributed by atoms with Crippen LogP contribution in [-0.2, 0) is 16.8 Å². The van der Waals surface area contributed by atoms with Crippen molar-refractivity contribution in [3.05, 3.63) is 35.1 Å². The molecule has 7 heteroatoms. The van der Waals surface area contributed by atoms with Crippen LogP contribution in [0.5, 0.6) is 0 Å². The number of nitrogens with zero attached hydrogens (tertiary/aromatic N) is 1. The molecule has 0 radical (unpaired) electrons. The Morgan fingerprint density at radius 3 is 2.58 bits per heavy atom. The van der Waals surface area contributed by atoms with E-state index in [1.54, 1.807) is 0 Å². The van der Waals surface area contributed by atoms with Crippen molar-refractivity contribution >= 4 is 10.2 Å². The van der Waals surface area contributed by atoms with Gasteiger partial charge < -0.3 is 0 Å². The molecule has 0 fully saturated rings. The van der Waals surface area contributed by atoms with E-state index in [4.69, 9.17) is 5.26 Å². The molecule has 0 saturated heterocycles. The van der Waals surface area contributed by atoms with Crippen molar-refractivity contribution in [3.63, 3.8) is 0 Å². The average molecular weight is 285 g/mol. The van der Waals surface area contributed by atoms with E-state index in [1.807, 2.05) is 19.9 Å². The van der Waals surface area contributed by atoms with Gasteiger partial charge in [-0.25, -0.2) is 9.11 Å². The largest absolute Gasteiger partial charge is 0.277 e. The number of rotatable bonds is 6. The summed E-state index contributed by atoms with van der Waals surface area (Å²) in [5, 5.41) is 8.60. The van der Waals surface area contributed by atoms with Gasteiger partial charge in [-0.2, -0.15) is 18.4 Å². The normalized spacial score (nSPS) is 11.5. The first-order valence-electron chi connectivity index (χ1n) is 5.77. The Labute approximate surface area is 112 Å². The molecule has 104 valence electrons. The maximum absolute atomic E-state index is 13.5. The average Bonchev–Trinajstić information content (AvgIpc) is 2.35. The van der Waals surface area contributed by atoms with Gasteiger partial charge in [0.1, 0.15) is 5.82 Å². The van der Waals surface area contributed by atoms with Crippen molar-refractivity contribution in [3.8, 4) is 6.07 Å². The van der Waals surface area contributed by atoms with Crippen LogP contribution < -0.4 is 9.44 Å². The molecular formula is C12H16FN3O2S. The fraction of sp³-hybridized carbons (Fsp3) is 0.417. The molecule has 0 aromatic heterocycles. The third-order valence-electron chi connectivity index (χ3n) is 2.32. The highest BCUT2D eigenvalue weighted by Gasteiger charge is 2.11. The Bertz CT molecular complexity index is 579. The molecule has 0 atom stereocenters. The van der Waals surface area contributed by atoms with E-state index in [2.05, 4.69) is 9.44 Å². The molecule has 19 heavy (non-hydrogen) atoms. The van der Waals surface area contributed by atoms with E-state index >= 15 is 0 Å². The third kappa shape index (κ3) is 5.34. The Kier molecular flexibility index (Phi) is 5.42. The first-order valence-corrected chi connectivity index (χ1v) is 7.25.